The second-order valence-corrected chi connectivity index (χ2v) is 9.29. The van der Waals surface area contributed by atoms with Crippen molar-refractivity contribution in [3.63, 3.8) is 0 Å². The fourth-order valence-corrected chi connectivity index (χ4v) is 4.98. The monoisotopic (exact) mass is 488 g/mol. The fraction of sp³-hybridized carbons (Fsp3) is 0.286. The van der Waals surface area contributed by atoms with Crippen molar-refractivity contribution in [2.75, 3.05) is 35.0 Å². The predicted molar refractivity (Wildman–Crippen MR) is 143 cm³/mol. The molecule has 2 heterocycles. The first-order valence-corrected chi connectivity index (χ1v) is 12.4. The first kappa shape index (κ1) is 23.2. The number of hydrazone groups is 1. The van der Waals surface area contributed by atoms with Crippen molar-refractivity contribution in [3.05, 3.63) is 83.4 Å². The number of piperidine rings is 1. The summed E-state index contributed by atoms with van der Waals surface area (Å²) in [6, 6.07) is 23.8. The topological polar surface area (TPSA) is 48.4 Å². The highest BCUT2D eigenvalue weighted by Crippen LogP contribution is 2.42. The number of Topliss-reactive ketones (excluding diaryl/α,β-unsaturated/α-hetero) is 1. The predicted octanol–water partition coefficient (Wildman–Crippen LogP) is 6.27. The second-order valence-electron chi connectivity index (χ2n) is 8.85. The number of ketones is 1. The van der Waals surface area contributed by atoms with Crippen molar-refractivity contribution < 1.29 is 9.53 Å². The van der Waals surface area contributed by atoms with Crippen molar-refractivity contribution in [2.45, 2.75) is 32.4 Å². The molecule has 6 nitrogen and oxygen atoms in total. The Bertz CT molecular complexity index is 1220. The minimum absolute atomic E-state index is 0.110. The Morgan fingerprint density at radius 2 is 1.51 bits per heavy atom. The smallest absolute Gasteiger partial charge is 0.198 e. The molecule has 0 radical (unpaired) electrons. The summed E-state index contributed by atoms with van der Waals surface area (Å²) >= 11 is 6.16. The molecule has 1 fully saturated rings. The van der Waals surface area contributed by atoms with Crippen LogP contribution in [0.4, 0.5) is 17.1 Å². The molecule has 1 unspecified atom stereocenters. The number of hydrogen-bond acceptors (Lipinski definition) is 6. The van der Waals surface area contributed by atoms with Crippen molar-refractivity contribution >= 4 is 40.3 Å². The molecule has 2 aliphatic heterocycles. The lowest BCUT2D eigenvalue weighted by molar-refractivity contribution is -0.111. The van der Waals surface area contributed by atoms with Gasteiger partial charge in [-0.15, -0.1) is 5.10 Å². The maximum Gasteiger partial charge on any atom is 0.198 e. The van der Waals surface area contributed by atoms with Gasteiger partial charge in [-0.2, -0.15) is 0 Å². The Morgan fingerprint density at radius 3 is 2.17 bits per heavy atom. The molecule has 0 bridgehead atoms. The van der Waals surface area contributed by atoms with Crippen molar-refractivity contribution in [2.24, 2.45) is 5.10 Å². The molecule has 3 aromatic carbocycles. The molecule has 180 valence electrons. The van der Waals surface area contributed by atoms with Gasteiger partial charge < -0.3 is 9.64 Å². The molecule has 1 saturated heterocycles. The highest BCUT2D eigenvalue weighted by Gasteiger charge is 2.40. The lowest BCUT2D eigenvalue weighted by atomic mass is 10.1. The minimum Gasteiger partial charge on any atom is -0.496 e. The van der Waals surface area contributed by atoms with E-state index >= 15 is 0 Å². The van der Waals surface area contributed by atoms with Gasteiger partial charge in [0, 0.05) is 42.0 Å². The van der Waals surface area contributed by atoms with E-state index in [-0.39, 0.29) is 5.78 Å². The lowest BCUT2D eigenvalue weighted by Gasteiger charge is -2.33. The van der Waals surface area contributed by atoms with Gasteiger partial charge in [0.15, 0.2) is 17.8 Å². The summed E-state index contributed by atoms with van der Waals surface area (Å²) in [5, 5.41) is 7.31. The molecule has 0 aliphatic carbocycles. The Labute approximate surface area is 211 Å². The Balaban J connectivity index is 1.60. The Morgan fingerprint density at radius 1 is 0.886 bits per heavy atom. The van der Waals surface area contributed by atoms with E-state index < -0.39 is 6.17 Å². The van der Waals surface area contributed by atoms with Crippen LogP contribution in [0.1, 0.15) is 37.9 Å². The third-order valence-corrected chi connectivity index (χ3v) is 6.83. The van der Waals surface area contributed by atoms with Gasteiger partial charge in [-0.3, -0.25) is 9.69 Å². The molecule has 1 atom stereocenters. The summed E-state index contributed by atoms with van der Waals surface area (Å²) in [6.07, 6.45) is 3.33. The zero-order valence-corrected chi connectivity index (χ0v) is 20.8. The summed E-state index contributed by atoms with van der Waals surface area (Å²) in [5.74, 6) is 0.995. The van der Waals surface area contributed by atoms with Gasteiger partial charge in [0.1, 0.15) is 5.75 Å². The van der Waals surface area contributed by atoms with Crippen LogP contribution < -0.4 is 19.5 Å². The van der Waals surface area contributed by atoms with E-state index in [9.17, 15) is 4.79 Å². The van der Waals surface area contributed by atoms with Crippen LogP contribution in [0.5, 0.6) is 5.75 Å². The average Bonchev–Trinajstić information content (AvgIpc) is 3.30. The van der Waals surface area contributed by atoms with Gasteiger partial charge in [0.2, 0.25) is 0 Å². The second kappa shape index (κ2) is 10.0. The van der Waals surface area contributed by atoms with Gasteiger partial charge in [-0.05, 0) is 73.9 Å². The van der Waals surface area contributed by atoms with E-state index in [2.05, 4.69) is 29.2 Å². The quantitative estimate of drug-likeness (QED) is 0.409. The van der Waals surface area contributed by atoms with Crippen LogP contribution in [0, 0.1) is 0 Å². The number of methoxy groups -OCH3 is 1. The van der Waals surface area contributed by atoms with E-state index in [1.807, 2.05) is 58.4 Å². The number of nitrogens with zero attached hydrogens (tertiary/aromatic N) is 4. The zero-order valence-electron chi connectivity index (χ0n) is 20.0. The molecule has 5 rings (SSSR count). The van der Waals surface area contributed by atoms with Crippen LogP contribution >= 0.6 is 11.6 Å². The van der Waals surface area contributed by atoms with E-state index in [0.717, 1.165) is 35.8 Å². The van der Waals surface area contributed by atoms with Crippen LogP contribution in [0.25, 0.3) is 0 Å². The molecule has 0 spiro atoms. The van der Waals surface area contributed by atoms with E-state index in [0.29, 0.717) is 10.9 Å². The SMILES string of the molecule is COc1ccccc1C1N(c2ccc(Cl)cc2)N=C(C(C)=O)N1c1ccc(N2CCCCC2)cc1. The van der Waals surface area contributed by atoms with Crippen LogP contribution in [0.2, 0.25) is 5.02 Å². The highest BCUT2D eigenvalue weighted by molar-refractivity contribution is 6.44. The molecule has 7 heteroatoms. The number of anilines is 3. The number of para-hydroxylation sites is 1. The zero-order chi connectivity index (χ0) is 24.4. The van der Waals surface area contributed by atoms with Crippen molar-refractivity contribution in [1.82, 2.24) is 0 Å². The summed E-state index contributed by atoms with van der Waals surface area (Å²) in [6.45, 7) is 3.72. The summed E-state index contributed by atoms with van der Waals surface area (Å²) in [7, 11) is 1.66. The van der Waals surface area contributed by atoms with Crippen LogP contribution in [-0.2, 0) is 4.79 Å². The minimum atomic E-state index is -0.410. The number of halogens is 1. The molecule has 0 amide bonds. The number of rotatable bonds is 6. The van der Waals surface area contributed by atoms with Gasteiger partial charge >= 0.3 is 0 Å². The van der Waals surface area contributed by atoms with Gasteiger partial charge in [0.25, 0.3) is 0 Å². The number of carbonyl (C=O) groups excluding carboxylic acids is 1. The molecule has 0 saturated carbocycles. The molecular formula is C28H29ClN4O2. The summed E-state index contributed by atoms with van der Waals surface area (Å²) in [5.41, 5.74) is 3.84. The molecule has 35 heavy (non-hydrogen) atoms. The van der Waals surface area contributed by atoms with Gasteiger partial charge in [-0.25, -0.2) is 5.01 Å². The third kappa shape index (κ3) is 4.58. The number of carbonyl (C=O) groups is 1. The summed E-state index contributed by atoms with van der Waals surface area (Å²) < 4.78 is 5.72. The van der Waals surface area contributed by atoms with Crippen LogP contribution in [0.3, 0.4) is 0 Å². The molecular weight excluding hydrogens is 460 g/mol. The van der Waals surface area contributed by atoms with Crippen molar-refractivity contribution in [1.29, 1.82) is 0 Å². The molecule has 2 aliphatic rings. The van der Waals surface area contributed by atoms with E-state index in [1.54, 1.807) is 14.0 Å². The highest BCUT2D eigenvalue weighted by atomic mass is 35.5. The number of amidine groups is 1. The van der Waals surface area contributed by atoms with Crippen LogP contribution in [-0.4, -0.2) is 31.8 Å². The Hall–Kier alpha value is -3.51. The largest absolute Gasteiger partial charge is 0.496 e. The van der Waals surface area contributed by atoms with Gasteiger partial charge in [-0.1, -0.05) is 29.8 Å². The first-order valence-electron chi connectivity index (χ1n) is 12.0. The molecule has 0 aromatic heterocycles. The average molecular weight is 489 g/mol. The summed E-state index contributed by atoms with van der Waals surface area (Å²) in [4.78, 5) is 17.3. The molecule has 0 N–H and O–H groups in total. The van der Waals surface area contributed by atoms with Crippen molar-refractivity contribution in [3.8, 4) is 5.75 Å². The number of benzene rings is 3. The Kier molecular flexibility index (Phi) is 6.64. The normalized spacial score (nSPS) is 18.0. The van der Waals surface area contributed by atoms with E-state index in [4.69, 9.17) is 21.4 Å². The molecule has 3 aromatic rings. The fourth-order valence-electron chi connectivity index (χ4n) is 4.85. The standard InChI is InChI=1S/C28H29ClN4O2/c1-20(34)27-30-33(24-12-10-21(29)11-13-24)28(25-8-4-5-9-26(25)35-2)32(27)23-16-14-22(15-17-23)31-18-6-3-7-19-31/h4-5,8-17,28H,3,6-7,18-19H2,1-2H3. The maximum absolute atomic E-state index is 12.8. The van der Waals surface area contributed by atoms with Gasteiger partial charge in [0.05, 0.1) is 12.8 Å². The first-order chi connectivity index (χ1) is 17.1. The lowest BCUT2D eigenvalue weighted by Crippen LogP contribution is -2.38. The number of hydrogen-bond donors (Lipinski definition) is 0. The van der Waals surface area contributed by atoms with Crippen LogP contribution in [0.15, 0.2) is 77.9 Å². The third-order valence-electron chi connectivity index (χ3n) is 6.58. The van der Waals surface area contributed by atoms with E-state index in [1.165, 1.54) is 24.9 Å². The maximum atomic E-state index is 12.8. The number of ether oxygens (including phenoxy) is 1.